The minimum atomic E-state index is -0.864. The van der Waals surface area contributed by atoms with Gasteiger partial charge in [0.25, 0.3) is 5.78 Å². The number of nitrogens with zero attached hydrogens (tertiary/aromatic N) is 1. The minimum absolute atomic E-state index is 0.224. The molecule has 0 fully saturated rings. The molecule has 0 unspecified atom stereocenters. The van der Waals surface area contributed by atoms with E-state index in [1.54, 1.807) is 19.1 Å². The lowest BCUT2D eigenvalue weighted by molar-refractivity contribution is -0.144. The van der Waals surface area contributed by atoms with Gasteiger partial charge in [0, 0.05) is 5.56 Å². The molecule has 0 aromatic heterocycles. The molecule has 0 atom stereocenters. The molecule has 0 saturated carbocycles. The van der Waals surface area contributed by atoms with Gasteiger partial charge in [-0.2, -0.15) is 0 Å². The third kappa shape index (κ3) is 2.97. The Bertz CT molecular complexity index is 831. The Morgan fingerprint density at radius 1 is 0.957 bits per heavy atom. The van der Waals surface area contributed by atoms with Gasteiger partial charge in [-0.05, 0) is 26.0 Å². The number of esters is 1. The number of benzene rings is 2. The van der Waals surface area contributed by atoms with E-state index in [1.165, 1.54) is 0 Å². The number of ketones is 1. The summed E-state index contributed by atoms with van der Waals surface area (Å²) in [5.74, 6) is -1.25. The molecule has 3 rings (SSSR count). The SMILES string of the molecule is CC(=Nc1ccc(C)cc1)C1=C(c2ccccc2)OC(=O)C1=O. The summed E-state index contributed by atoms with van der Waals surface area (Å²) in [6, 6.07) is 16.7. The first-order chi connectivity index (χ1) is 11.1. The van der Waals surface area contributed by atoms with Crippen LogP contribution in [-0.4, -0.2) is 17.5 Å². The quantitative estimate of drug-likeness (QED) is 0.494. The van der Waals surface area contributed by atoms with Crippen LogP contribution in [0.25, 0.3) is 5.76 Å². The van der Waals surface area contributed by atoms with Crippen LogP contribution < -0.4 is 0 Å². The molecule has 0 spiro atoms. The number of rotatable bonds is 3. The molecule has 0 amide bonds. The van der Waals surface area contributed by atoms with E-state index in [9.17, 15) is 9.59 Å². The van der Waals surface area contributed by atoms with Crippen LogP contribution >= 0.6 is 0 Å². The lowest BCUT2D eigenvalue weighted by Gasteiger charge is -2.04. The van der Waals surface area contributed by atoms with Gasteiger partial charge in [0.1, 0.15) is 0 Å². The van der Waals surface area contributed by atoms with E-state index in [0.717, 1.165) is 11.3 Å². The highest BCUT2D eigenvalue weighted by Gasteiger charge is 2.36. The Morgan fingerprint density at radius 2 is 1.61 bits per heavy atom. The highest BCUT2D eigenvalue weighted by molar-refractivity contribution is 6.53. The monoisotopic (exact) mass is 305 g/mol. The molecule has 23 heavy (non-hydrogen) atoms. The molecule has 1 aliphatic heterocycles. The highest BCUT2D eigenvalue weighted by atomic mass is 16.5. The standard InChI is InChI=1S/C19H15NO3/c1-12-8-10-15(11-9-12)20-13(2)16-17(21)19(22)23-18(16)14-6-4-3-5-7-14/h3-11H,1-2H3. The van der Waals surface area contributed by atoms with Crippen molar-refractivity contribution in [2.45, 2.75) is 13.8 Å². The Hall–Kier alpha value is -3.01. The average molecular weight is 305 g/mol. The van der Waals surface area contributed by atoms with Crippen LogP contribution in [0.1, 0.15) is 18.1 Å². The zero-order chi connectivity index (χ0) is 16.4. The molecule has 2 aromatic rings. The van der Waals surface area contributed by atoms with Crippen molar-refractivity contribution in [1.82, 2.24) is 0 Å². The van der Waals surface area contributed by atoms with Crippen molar-refractivity contribution in [3.05, 3.63) is 71.3 Å². The normalized spacial score (nSPS) is 15.1. The summed E-state index contributed by atoms with van der Waals surface area (Å²) in [5, 5.41) is 0. The summed E-state index contributed by atoms with van der Waals surface area (Å²) in [5.41, 5.74) is 3.21. The zero-order valence-electron chi connectivity index (χ0n) is 12.9. The number of carbonyl (C=O) groups is 2. The van der Waals surface area contributed by atoms with Crippen LogP contribution in [0, 0.1) is 6.92 Å². The van der Waals surface area contributed by atoms with Gasteiger partial charge >= 0.3 is 5.97 Å². The van der Waals surface area contributed by atoms with E-state index in [4.69, 9.17) is 4.74 Å². The lowest BCUT2D eigenvalue weighted by atomic mass is 10.0. The number of cyclic esters (lactones) is 1. The van der Waals surface area contributed by atoms with Gasteiger partial charge in [-0.15, -0.1) is 0 Å². The Morgan fingerprint density at radius 3 is 2.26 bits per heavy atom. The molecule has 2 aromatic carbocycles. The summed E-state index contributed by atoms with van der Waals surface area (Å²) in [7, 11) is 0. The molecule has 1 aliphatic rings. The first-order valence-corrected chi connectivity index (χ1v) is 7.25. The number of aryl methyl sites for hydroxylation is 1. The van der Waals surface area contributed by atoms with E-state index in [0.29, 0.717) is 11.3 Å². The number of hydrogen-bond donors (Lipinski definition) is 0. The fraction of sp³-hybridized carbons (Fsp3) is 0.105. The van der Waals surface area contributed by atoms with Crippen molar-refractivity contribution in [1.29, 1.82) is 0 Å². The van der Waals surface area contributed by atoms with Crippen LogP contribution in [0.15, 0.2) is 65.2 Å². The van der Waals surface area contributed by atoms with E-state index in [1.807, 2.05) is 49.4 Å². The molecular formula is C19H15NO3. The first kappa shape index (κ1) is 14.9. The summed E-state index contributed by atoms with van der Waals surface area (Å²) in [6.07, 6.45) is 0. The van der Waals surface area contributed by atoms with E-state index >= 15 is 0 Å². The Balaban J connectivity index is 2.07. The Kier molecular flexibility index (Phi) is 3.89. The maximum Gasteiger partial charge on any atom is 0.385 e. The lowest BCUT2D eigenvalue weighted by Crippen LogP contribution is -2.13. The predicted octanol–water partition coefficient (Wildman–Crippen LogP) is 3.62. The van der Waals surface area contributed by atoms with Gasteiger partial charge in [-0.3, -0.25) is 9.79 Å². The van der Waals surface area contributed by atoms with Crippen molar-refractivity contribution in [3.8, 4) is 0 Å². The third-order valence-corrected chi connectivity index (χ3v) is 3.56. The van der Waals surface area contributed by atoms with E-state index < -0.39 is 11.8 Å². The second kappa shape index (κ2) is 6.01. The largest absolute Gasteiger partial charge is 0.419 e. The smallest absolute Gasteiger partial charge is 0.385 e. The van der Waals surface area contributed by atoms with Crippen molar-refractivity contribution in [2.75, 3.05) is 0 Å². The topological polar surface area (TPSA) is 55.7 Å². The molecule has 0 aliphatic carbocycles. The number of Topliss-reactive ketones (excluding diaryl/α,β-unsaturated/α-hetero) is 1. The van der Waals surface area contributed by atoms with Crippen molar-refractivity contribution in [2.24, 2.45) is 4.99 Å². The van der Waals surface area contributed by atoms with Gasteiger partial charge in [0.2, 0.25) is 0 Å². The van der Waals surface area contributed by atoms with Gasteiger partial charge in [-0.25, -0.2) is 4.79 Å². The number of ether oxygens (including phenoxy) is 1. The van der Waals surface area contributed by atoms with Crippen molar-refractivity contribution >= 4 is 28.9 Å². The van der Waals surface area contributed by atoms with Crippen LogP contribution in [0.3, 0.4) is 0 Å². The average Bonchev–Trinajstić information content (AvgIpc) is 2.86. The third-order valence-electron chi connectivity index (χ3n) is 3.56. The molecule has 0 bridgehead atoms. The maximum atomic E-state index is 12.2. The summed E-state index contributed by atoms with van der Waals surface area (Å²) < 4.78 is 5.16. The highest BCUT2D eigenvalue weighted by Crippen LogP contribution is 2.29. The molecule has 0 saturated heterocycles. The number of hydrogen-bond acceptors (Lipinski definition) is 4. The van der Waals surface area contributed by atoms with E-state index in [2.05, 4.69) is 4.99 Å². The molecule has 4 heteroatoms. The number of carbonyl (C=O) groups excluding carboxylic acids is 2. The van der Waals surface area contributed by atoms with Crippen molar-refractivity contribution < 1.29 is 14.3 Å². The summed E-state index contributed by atoms with van der Waals surface area (Å²) in [4.78, 5) is 28.3. The maximum absolute atomic E-state index is 12.2. The van der Waals surface area contributed by atoms with Crippen LogP contribution in [0.2, 0.25) is 0 Å². The van der Waals surface area contributed by atoms with Gasteiger partial charge in [0.05, 0.1) is 17.0 Å². The molecular weight excluding hydrogens is 290 g/mol. The molecule has 114 valence electrons. The Labute approximate surface area is 134 Å². The predicted molar refractivity (Wildman–Crippen MR) is 88.4 cm³/mol. The molecule has 0 N–H and O–H groups in total. The molecule has 1 heterocycles. The second-order valence-corrected chi connectivity index (χ2v) is 5.32. The van der Waals surface area contributed by atoms with Crippen LogP contribution in [0.5, 0.6) is 0 Å². The second-order valence-electron chi connectivity index (χ2n) is 5.32. The van der Waals surface area contributed by atoms with Crippen LogP contribution in [-0.2, 0) is 14.3 Å². The zero-order valence-corrected chi connectivity index (χ0v) is 12.9. The molecule has 4 nitrogen and oxygen atoms in total. The summed E-state index contributed by atoms with van der Waals surface area (Å²) in [6.45, 7) is 3.70. The van der Waals surface area contributed by atoms with Crippen molar-refractivity contribution in [3.63, 3.8) is 0 Å². The van der Waals surface area contributed by atoms with Gasteiger partial charge in [0.15, 0.2) is 5.76 Å². The summed E-state index contributed by atoms with van der Waals surface area (Å²) >= 11 is 0. The fourth-order valence-electron chi connectivity index (χ4n) is 2.39. The number of aliphatic imine (C=N–C) groups is 1. The van der Waals surface area contributed by atoms with Gasteiger partial charge < -0.3 is 4.74 Å². The molecule has 0 radical (unpaired) electrons. The van der Waals surface area contributed by atoms with Gasteiger partial charge in [-0.1, -0.05) is 48.0 Å². The van der Waals surface area contributed by atoms with E-state index in [-0.39, 0.29) is 11.3 Å². The minimum Gasteiger partial charge on any atom is -0.419 e. The first-order valence-electron chi connectivity index (χ1n) is 7.25. The van der Waals surface area contributed by atoms with Crippen LogP contribution in [0.4, 0.5) is 5.69 Å². The fourth-order valence-corrected chi connectivity index (χ4v) is 2.39.